The third-order valence-electron chi connectivity index (χ3n) is 8.60. The molecule has 0 saturated carbocycles. The van der Waals surface area contributed by atoms with Crippen LogP contribution in [0.2, 0.25) is 10.0 Å². The normalized spacial score (nSPS) is 19.3. The Bertz CT molecular complexity index is 1620. The van der Waals surface area contributed by atoms with Crippen LogP contribution in [0.15, 0.2) is 66.9 Å². The number of ether oxygens (including phenoxy) is 1. The Kier molecular flexibility index (Phi) is 8.09. The van der Waals surface area contributed by atoms with Crippen LogP contribution in [0.4, 0.5) is 11.4 Å². The number of thiocarbonyl (C=S) groups is 1. The molecule has 6 nitrogen and oxygen atoms in total. The van der Waals surface area contributed by atoms with Gasteiger partial charge in [-0.2, -0.15) is 0 Å². The van der Waals surface area contributed by atoms with Gasteiger partial charge < -0.3 is 24.4 Å². The number of nitrogens with zero attached hydrogens (tertiary/aromatic N) is 4. The summed E-state index contributed by atoms with van der Waals surface area (Å²) in [7, 11) is 1.68. The number of hydrogen-bond acceptors (Lipinski definition) is 4. The van der Waals surface area contributed by atoms with Crippen molar-refractivity contribution in [2.45, 2.75) is 45.7 Å². The van der Waals surface area contributed by atoms with E-state index in [0.717, 1.165) is 69.5 Å². The van der Waals surface area contributed by atoms with Crippen molar-refractivity contribution in [2.24, 2.45) is 5.92 Å². The van der Waals surface area contributed by atoms with Crippen molar-refractivity contribution in [1.82, 2.24) is 14.9 Å². The monoisotopic (exact) mass is 619 g/mol. The second kappa shape index (κ2) is 11.8. The molecular formula is C33H35Cl2N5OS. The van der Waals surface area contributed by atoms with Gasteiger partial charge in [-0.1, -0.05) is 36.2 Å². The van der Waals surface area contributed by atoms with Gasteiger partial charge in [0.25, 0.3) is 0 Å². The molecule has 0 bridgehead atoms. The molecule has 2 unspecified atom stereocenters. The van der Waals surface area contributed by atoms with E-state index in [4.69, 9.17) is 45.1 Å². The van der Waals surface area contributed by atoms with Crippen LogP contribution in [-0.4, -0.2) is 34.9 Å². The minimum absolute atomic E-state index is 0.170. The Morgan fingerprint density at radius 1 is 0.976 bits per heavy atom. The Morgan fingerprint density at radius 2 is 1.76 bits per heavy atom. The van der Waals surface area contributed by atoms with Crippen molar-refractivity contribution in [1.29, 1.82) is 0 Å². The van der Waals surface area contributed by atoms with Gasteiger partial charge in [0.05, 0.1) is 41.3 Å². The Balaban J connectivity index is 1.46. The molecule has 2 aromatic heterocycles. The van der Waals surface area contributed by atoms with Gasteiger partial charge in [0.2, 0.25) is 0 Å². The number of aromatic nitrogens is 2. The molecule has 6 rings (SSSR count). The van der Waals surface area contributed by atoms with Gasteiger partial charge in [0, 0.05) is 41.4 Å². The van der Waals surface area contributed by atoms with Crippen LogP contribution >= 0.6 is 35.4 Å². The summed E-state index contributed by atoms with van der Waals surface area (Å²) in [5, 5.41) is 5.60. The first kappa shape index (κ1) is 28.8. The van der Waals surface area contributed by atoms with Crippen LogP contribution in [0.25, 0.3) is 5.69 Å². The molecule has 0 aliphatic carbocycles. The number of piperidine rings is 1. The molecule has 2 atom stereocenters. The van der Waals surface area contributed by atoms with E-state index in [1.807, 2.05) is 42.6 Å². The smallest absolute Gasteiger partial charge is 0.174 e. The molecule has 4 heterocycles. The van der Waals surface area contributed by atoms with E-state index in [9.17, 15) is 0 Å². The molecule has 2 aromatic carbocycles. The zero-order valence-electron chi connectivity index (χ0n) is 24.3. The summed E-state index contributed by atoms with van der Waals surface area (Å²) in [5.74, 6) is 1.50. The highest BCUT2D eigenvalue weighted by Crippen LogP contribution is 2.45. The third kappa shape index (κ3) is 5.23. The molecule has 42 heavy (non-hydrogen) atoms. The number of pyridine rings is 1. The summed E-state index contributed by atoms with van der Waals surface area (Å²) in [6.07, 6.45) is 4.18. The number of hydrogen-bond donors (Lipinski definition) is 1. The van der Waals surface area contributed by atoms with Crippen molar-refractivity contribution in [3.05, 3.63) is 99.6 Å². The van der Waals surface area contributed by atoms with Crippen LogP contribution in [-0.2, 0) is 0 Å². The number of halogens is 2. The molecule has 1 N–H and O–H groups in total. The molecule has 2 fully saturated rings. The zero-order chi connectivity index (χ0) is 29.5. The number of methoxy groups -OCH3 is 1. The van der Waals surface area contributed by atoms with Crippen LogP contribution in [0.3, 0.4) is 0 Å². The predicted molar refractivity (Wildman–Crippen MR) is 177 cm³/mol. The topological polar surface area (TPSA) is 45.6 Å². The van der Waals surface area contributed by atoms with Crippen LogP contribution in [0.5, 0.6) is 5.75 Å². The fourth-order valence-electron chi connectivity index (χ4n) is 6.40. The van der Waals surface area contributed by atoms with Crippen molar-refractivity contribution in [2.75, 3.05) is 30.0 Å². The lowest BCUT2D eigenvalue weighted by molar-refractivity contribution is 0.412. The molecule has 0 spiro atoms. The summed E-state index contributed by atoms with van der Waals surface area (Å²) in [6.45, 7) is 8.59. The fraction of sp³-hybridized carbons (Fsp3) is 0.333. The lowest BCUT2D eigenvalue weighted by atomic mass is 9.96. The summed E-state index contributed by atoms with van der Waals surface area (Å²) in [6, 6.07) is 19.9. The van der Waals surface area contributed by atoms with Gasteiger partial charge in [-0.15, -0.1) is 0 Å². The summed E-state index contributed by atoms with van der Waals surface area (Å²) in [4.78, 5) is 9.31. The minimum atomic E-state index is -0.171. The van der Waals surface area contributed by atoms with Crippen LogP contribution < -0.4 is 19.9 Å². The average Bonchev–Trinajstić information content (AvgIpc) is 3.48. The van der Waals surface area contributed by atoms with E-state index in [1.165, 1.54) is 12.8 Å². The van der Waals surface area contributed by atoms with Gasteiger partial charge in [-0.25, -0.2) is 0 Å². The highest BCUT2D eigenvalue weighted by molar-refractivity contribution is 7.80. The summed E-state index contributed by atoms with van der Waals surface area (Å²) < 4.78 is 7.92. The lowest BCUT2D eigenvalue weighted by Gasteiger charge is -2.33. The maximum absolute atomic E-state index is 6.99. The van der Waals surface area contributed by atoms with Gasteiger partial charge in [-0.3, -0.25) is 4.98 Å². The summed E-state index contributed by atoms with van der Waals surface area (Å²) >= 11 is 19.4. The number of anilines is 2. The first-order valence-electron chi connectivity index (χ1n) is 14.3. The first-order chi connectivity index (χ1) is 20.3. The van der Waals surface area contributed by atoms with E-state index in [1.54, 1.807) is 7.11 Å². The van der Waals surface area contributed by atoms with E-state index >= 15 is 0 Å². The third-order valence-corrected chi connectivity index (χ3v) is 9.45. The SMILES string of the molecule is COc1ccc(Cl)cc1-n1c(C)cc(C2C(c3ccccn3)NC(=S)N2c2ccc(N3CCC(C)CC3)c(Cl)c2)c1C. The number of benzene rings is 2. The Morgan fingerprint density at radius 3 is 2.45 bits per heavy atom. The molecule has 4 aromatic rings. The second-order valence-corrected chi connectivity index (χ2v) is 12.5. The van der Waals surface area contributed by atoms with Gasteiger partial charge in [0.15, 0.2) is 5.11 Å². The molecule has 0 radical (unpaired) electrons. The lowest BCUT2D eigenvalue weighted by Crippen LogP contribution is -2.33. The van der Waals surface area contributed by atoms with Crippen molar-refractivity contribution in [3.8, 4) is 11.4 Å². The first-order valence-corrected chi connectivity index (χ1v) is 15.5. The minimum Gasteiger partial charge on any atom is -0.495 e. The number of aryl methyl sites for hydroxylation is 1. The fourth-order valence-corrected chi connectivity index (χ4v) is 7.20. The molecule has 218 valence electrons. The zero-order valence-corrected chi connectivity index (χ0v) is 26.6. The van der Waals surface area contributed by atoms with Crippen molar-refractivity contribution in [3.63, 3.8) is 0 Å². The summed E-state index contributed by atoms with van der Waals surface area (Å²) in [5.41, 5.74) is 7.10. The maximum Gasteiger partial charge on any atom is 0.174 e. The van der Waals surface area contributed by atoms with Crippen molar-refractivity contribution < 1.29 is 4.74 Å². The standard InChI is InChI=1S/C33H35Cl2N5OS/c1-20-12-15-38(16-13-20)28-10-9-24(19-26(28)35)40-32(31(37-33(40)42)27-7-5-6-14-36-27)25-17-21(2)39(22(25)3)29-18-23(34)8-11-30(29)41-4/h5-11,14,17-20,31-32H,12-13,15-16H2,1-4H3,(H,37,42). The van der Waals surface area contributed by atoms with E-state index < -0.39 is 0 Å². The molecule has 9 heteroatoms. The van der Waals surface area contributed by atoms with Crippen LogP contribution in [0.1, 0.15) is 54.5 Å². The highest BCUT2D eigenvalue weighted by Gasteiger charge is 2.42. The van der Waals surface area contributed by atoms with E-state index in [-0.39, 0.29) is 12.1 Å². The van der Waals surface area contributed by atoms with Crippen LogP contribution in [0, 0.1) is 19.8 Å². The maximum atomic E-state index is 6.99. The van der Waals surface area contributed by atoms with Crippen molar-refractivity contribution >= 4 is 51.9 Å². The van der Waals surface area contributed by atoms with E-state index in [0.29, 0.717) is 10.1 Å². The highest BCUT2D eigenvalue weighted by atomic mass is 35.5. The molecule has 0 amide bonds. The molecular weight excluding hydrogens is 585 g/mol. The van der Waals surface area contributed by atoms with Gasteiger partial charge in [0.1, 0.15) is 5.75 Å². The quantitative estimate of drug-likeness (QED) is 0.219. The average molecular weight is 621 g/mol. The molecule has 2 aliphatic heterocycles. The second-order valence-electron chi connectivity index (χ2n) is 11.3. The van der Waals surface area contributed by atoms with E-state index in [2.05, 4.69) is 64.7 Å². The number of nitrogens with one attached hydrogen (secondary N) is 1. The Labute approximate surface area is 263 Å². The predicted octanol–water partition coefficient (Wildman–Crippen LogP) is 8.22. The molecule has 2 aliphatic rings. The molecule has 2 saturated heterocycles. The number of rotatable bonds is 6. The van der Waals surface area contributed by atoms with Gasteiger partial charge >= 0.3 is 0 Å². The largest absolute Gasteiger partial charge is 0.495 e. The Hall–Kier alpha value is -3.26. The van der Waals surface area contributed by atoms with Gasteiger partial charge in [-0.05, 0) is 105 Å².